The topological polar surface area (TPSA) is 97.7 Å². The molecule has 0 aromatic heterocycles. The van der Waals surface area contributed by atoms with Gasteiger partial charge in [-0.25, -0.2) is 0 Å². The first-order valence-electron chi connectivity index (χ1n) is 7.99. The molecule has 26 heavy (non-hydrogen) atoms. The molecule has 1 aliphatic rings. The number of anilines is 1. The van der Waals surface area contributed by atoms with Crippen molar-refractivity contribution in [2.75, 3.05) is 25.1 Å². The molecular weight excluding hydrogens is 336 g/mol. The number of esters is 1. The third kappa shape index (κ3) is 4.30. The first kappa shape index (κ1) is 17.3. The fraction of sp³-hybridized carbons (Fsp3) is 0.211. The first-order chi connectivity index (χ1) is 12.7. The van der Waals surface area contributed by atoms with Gasteiger partial charge in [0, 0.05) is 0 Å². The van der Waals surface area contributed by atoms with Crippen LogP contribution < -0.4 is 14.8 Å². The Kier molecular flexibility index (Phi) is 5.34. The largest absolute Gasteiger partial charge is 0.486 e. The number of carbonyl (C=O) groups excluding carboxylic acids is 2. The van der Waals surface area contributed by atoms with Gasteiger partial charge in [0.2, 0.25) is 0 Å². The second-order valence-electron chi connectivity index (χ2n) is 5.52. The highest BCUT2D eigenvalue weighted by Crippen LogP contribution is 2.30. The van der Waals surface area contributed by atoms with Crippen LogP contribution in [0, 0.1) is 11.3 Å². The van der Waals surface area contributed by atoms with E-state index in [9.17, 15) is 9.59 Å². The van der Waals surface area contributed by atoms with E-state index in [1.54, 1.807) is 42.5 Å². The summed E-state index contributed by atoms with van der Waals surface area (Å²) >= 11 is 0. The minimum atomic E-state index is -0.537. The van der Waals surface area contributed by atoms with Gasteiger partial charge in [0.15, 0.2) is 18.1 Å². The molecule has 2 aromatic rings. The lowest BCUT2D eigenvalue weighted by molar-refractivity contribution is -0.146. The molecule has 0 radical (unpaired) electrons. The van der Waals surface area contributed by atoms with Gasteiger partial charge in [0.05, 0.1) is 17.7 Å². The molecule has 0 saturated heterocycles. The van der Waals surface area contributed by atoms with Gasteiger partial charge in [-0.3, -0.25) is 9.59 Å². The number of rotatable bonds is 5. The van der Waals surface area contributed by atoms with Crippen LogP contribution in [0.5, 0.6) is 11.5 Å². The first-order valence-corrected chi connectivity index (χ1v) is 7.99. The molecule has 0 aliphatic carbocycles. The minimum absolute atomic E-state index is 0.0126. The van der Waals surface area contributed by atoms with Crippen molar-refractivity contribution in [1.29, 1.82) is 5.26 Å². The molecule has 0 fully saturated rings. The second-order valence-corrected chi connectivity index (χ2v) is 5.52. The third-order valence-electron chi connectivity index (χ3n) is 3.64. The van der Waals surface area contributed by atoms with E-state index in [1.807, 2.05) is 6.07 Å². The van der Waals surface area contributed by atoms with E-state index in [2.05, 4.69) is 5.32 Å². The van der Waals surface area contributed by atoms with E-state index in [-0.39, 0.29) is 6.42 Å². The summed E-state index contributed by atoms with van der Waals surface area (Å²) in [7, 11) is 0. The molecule has 2 aromatic carbocycles. The van der Waals surface area contributed by atoms with Crippen molar-refractivity contribution in [3.63, 3.8) is 0 Å². The third-order valence-corrected chi connectivity index (χ3v) is 3.64. The number of amides is 1. The van der Waals surface area contributed by atoms with Gasteiger partial charge in [-0.15, -0.1) is 0 Å². The van der Waals surface area contributed by atoms with Crippen molar-refractivity contribution in [3.8, 4) is 17.6 Å². The maximum absolute atomic E-state index is 11.9. The van der Waals surface area contributed by atoms with E-state index in [1.165, 1.54) is 0 Å². The van der Waals surface area contributed by atoms with E-state index in [0.717, 1.165) is 0 Å². The number of carbonyl (C=O) groups is 2. The maximum Gasteiger partial charge on any atom is 0.310 e. The van der Waals surface area contributed by atoms with E-state index < -0.39 is 18.5 Å². The minimum Gasteiger partial charge on any atom is -0.486 e. The van der Waals surface area contributed by atoms with Crippen molar-refractivity contribution in [1.82, 2.24) is 0 Å². The average molecular weight is 352 g/mol. The number of hydrogen-bond donors (Lipinski definition) is 1. The zero-order valence-electron chi connectivity index (χ0n) is 13.9. The molecule has 1 amide bonds. The van der Waals surface area contributed by atoms with Gasteiger partial charge in [-0.2, -0.15) is 5.26 Å². The van der Waals surface area contributed by atoms with Crippen LogP contribution in [0.25, 0.3) is 0 Å². The Balaban J connectivity index is 1.51. The van der Waals surface area contributed by atoms with Gasteiger partial charge < -0.3 is 19.5 Å². The molecule has 132 valence electrons. The van der Waals surface area contributed by atoms with Crippen LogP contribution in [-0.4, -0.2) is 31.7 Å². The van der Waals surface area contributed by atoms with Gasteiger partial charge in [0.25, 0.3) is 5.91 Å². The SMILES string of the molecule is N#Cc1ccccc1NC(=O)COC(=O)Cc1ccc2c(c1)OCCO2. The van der Waals surface area contributed by atoms with Crippen LogP contribution in [0.3, 0.4) is 0 Å². The summed E-state index contributed by atoms with van der Waals surface area (Å²) in [6, 6.07) is 13.8. The molecule has 7 heteroatoms. The normalized spacial score (nSPS) is 12.0. The van der Waals surface area contributed by atoms with Crippen molar-refractivity contribution >= 4 is 17.6 Å². The average Bonchev–Trinajstić information content (AvgIpc) is 2.67. The molecule has 3 rings (SSSR count). The van der Waals surface area contributed by atoms with Crippen molar-refractivity contribution < 1.29 is 23.8 Å². The fourth-order valence-corrected chi connectivity index (χ4v) is 2.44. The number of nitrogens with zero attached hydrogens (tertiary/aromatic N) is 1. The number of ether oxygens (including phenoxy) is 3. The lowest BCUT2D eigenvalue weighted by Crippen LogP contribution is -2.22. The maximum atomic E-state index is 11.9. The van der Waals surface area contributed by atoms with Crippen LogP contribution in [0.1, 0.15) is 11.1 Å². The Bertz CT molecular complexity index is 872. The van der Waals surface area contributed by atoms with E-state index >= 15 is 0 Å². The highest BCUT2D eigenvalue weighted by molar-refractivity contribution is 5.94. The lowest BCUT2D eigenvalue weighted by Gasteiger charge is -2.18. The summed E-state index contributed by atoms with van der Waals surface area (Å²) in [5.74, 6) is 0.185. The van der Waals surface area contributed by atoms with Crippen LogP contribution in [-0.2, 0) is 20.7 Å². The zero-order valence-corrected chi connectivity index (χ0v) is 13.9. The fourth-order valence-electron chi connectivity index (χ4n) is 2.44. The van der Waals surface area contributed by atoms with E-state index in [0.29, 0.717) is 41.5 Å². The van der Waals surface area contributed by atoms with Gasteiger partial charge in [0.1, 0.15) is 19.3 Å². The zero-order chi connectivity index (χ0) is 18.4. The quantitative estimate of drug-likeness (QED) is 0.827. The van der Waals surface area contributed by atoms with Crippen LogP contribution in [0.4, 0.5) is 5.69 Å². The Morgan fingerprint density at radius 1 is 1.12 bits per heavy atom. The number of hydrogen-bond acceptors (Lipinski definition) is 6. The van der Waals surface area contributed by atoms with Gasteiger partial charge in [-0.1, -0.05) is 18.2 Å². The molecular formula is C19H16N2O5. The molecule has 0 atom stereocenters. The predicted octanol–water partition coefficient (Wildman–Crippen LogP) is 2.05. The van der Waals surface area contributed by atoms with Crippen LogP contribution >= 0.6 is 0 Å². The number of benzene rings is 2. The molecule has 1 aliphatic heterocycles. The molecule has 0 bridgehead atoms. The molecule has 1 heterocycles. The summed E-state index contributed by atoms with van der Waals surface area (Å²) in [5, 5.41) is 11.5. The predicted molar refractivity (Wildman–Crippen MR) is 91.9 cm³/mol. The number of nitrogens with one attached hydrogen (secondary N) is 1. The van der Waals surface area contributed by atoms with Crippen molar-refractivity contribution in [2.45, 2.75) is 6.42 Å². The Morgan fingerprint density at radius 2 is 1.88 bits per heavy atom. The standard InChI is InChI=1S/C19H16N2O5/c20-11-14-3-1-2-4-15(14)21-18(22)12-26-19(23)10-13-5-6-16-17(9-13)25-8-7-24-16/h1-6,9H,7-8,10,12H2,(H,21,22). The van der Waals surface area contributed by atoms with Crippen molar-refractivity contribution in [3.05, 3.63) is 53.6 Å². The second kappa shape index (κ2) is 8.03. The highest BCUT2D eigenvalue weighted by Gasteiger charge is 2.15. The van der Waals surface area contributed by atoms with Gasteiger partial charge >= 0.3 is 5.97 Å². The summed E-state index contributed by atoms with van der Waals surface area (Å²) in [5.41, 5.74) is 1.42. The molecule has 0 saturated carbocycles. The number of para-hydroxylation sites is 1. The summed E-state index contributed by atoms with van der Waals surface area (Å²) in [4.78, 5) is 23.8. The van der Waals surface area contributed by atoms with Gasteiger partial charge in [-0.05, 0) is 29.8 Å². The smallest absolute Gasteiger partial charge is 0.310 e. The number of nitriles is 1. The Hall–Kier alpha value is -3.53. The summed E-state index contributed by atoms with van der Waals surface area (Å²) < 4.78 is 15.9. The van der Waals surface area contributed by atoms with Crippen LogP contribution in [0.2, 0.25) is 0 Å². The number of fused-ring (bicyclic) bond motifs is 1. The monoisotopic (exact) mass is 352 g/mol. The lowest BCUT2D eigenvalue weighted by atomic mass is 10.1. The van der Waals surface area contributed by atoms with Crippen LogP contribution in [0.15, 0.2) is 42.5 Å². The Labute approximate surface area is 150 Å². The highest BCUT2D eigenvalue weighted by atomic mass is 16.6. The van der Waals surface area contributed by atoms with Crippen molar-refractivity contribution in [2.24, 2.45) is 0 Å². The molecule has 1 N–H and O–H groups in total. The summed E-state index contributed by atoms with van der Waals surface area (Å²) in [6.45, 7) is 0.535. The molecule has 0 unspecified atom stereocenters. The molecule has 7 nitrogen and oxygen atoms in total. The summed E-state index contributed by atoms with van der Waals surface area (Å²) in [6.07, 6.45) is 0.0126. The van der Waals surface area contributed by atoms with E-state index in [4.69, 9.17) is 19.5 Å². The molecule has 0 spiro atoms. The Morgan fingerprint density at radius 3 is 2.69 bits per heavy atom.